The molecule has 1 aliphatic heterocycles. The highest BCUT2D eigenvalue weighted by atomic mass is 16.5. The van der Waals surface area contributed by atoms with E-state index in [0.717, 1.165) is 26.1 Å². The number of hydrogen-bond donors (Lipinski definition) is 0. The van der Waals surface area contributed by atoms with Gasteiger partial charge in [0.05, 0.1) is 11.5 Å². The summed E-state index contributed by atoms with van der Waals surface area (Å²) in [7, 11) is 0. The van der Waals surface area contributed by atoms with Crippen molar-refractivity contribution in [3.8, 4) is 6.07 Å². The fourth-order valence-corrected chi connectivity index (χ4v) is 1.51. The lowest BCUT2D eigenvalue weighted by Crippen LogP contribution is -2.28. The highest BCUT2D eigenvalue weighted by Gasteiger charge is 2.30. The Balaban J connectivity index is 2.52. The molecule has 11 heavy (non-hydrogen) atoms. The van der Waals surface area contributed by atoms with Gasteiger partial charge in [0, 0.05) is 13.2 Å². The van der Waals surface area contributed by atoms with Gasteiger partial charge in [0.15, 0.2) is 0 Å². The van der Waals surface area contributed by atoms with Crippen LogP contribution in [-0.4, -0.2) is 13.2 Å². The van der Waals surface area contributed by atoms with Crippen LogP contribution in [0.5, 0.6) is 0 Å². The first-order valence-corrected chi connectivity index (χ1v) is 4.16. The second kappa shape index (κ2) is 3.23. The molecule has 0 aliphatic carbocycles. The Kier molecular flexibility index (Phi) is 2.51. The van der Waals surface area contributed by atoms with Gasteiger partial charge in [-0.05, 0) is 32.6 Å². The average molecular weight is 153 g/mol. The zero-order chi connectivity index (χ0) is 8.32. The SMILES string of the molecule is CC(C)(C#N)C1CCOCC1. The third-order valence-corrected chi connectivity index (χ3v) is 2.53. The summed E-state index contributed by atoms with van der Waals surface area (Å²) < 4.78 is 5.23. The molecule has 0 aromatic carbocycles. The highest BCUT2D eigenvalue weighted by molar-refractivity contribution is 4.97. The predicted molar refractivity (Wildman–Crippen MR) is 42.9 cm³/mol. The molecule has 1 saturated heterocycles. The van der Waals surface area contributed by atoms with E-state index in [2.05, 4.69) is 6.07 Å². The van der Waals surface area contributed by atoms with Gasteiger partial charge in [0.2, 0.25) is 0 Å². The van der Waals surface area contributed by atoms with E-state index < -0.39 is 0 Å². The van der Waals surface area contributed by atoms with Crippen molar-refractivity contribution in [3.63, 3.8) is 0 Å². The lowest BCUT2D eigenvalue weighted by atomic mass is 9.76. The molecule has 1 aliphatic rings. The number of nitrogens with zero attached hydrogens (tertiary/aromatic N) is 1. The molecule has 1 fully saturated rings. The fraction of sp³-hybridized carbons (Fsp3) is 0.889. The maximum atomic E-state index is 8.86. The van der Waals surface area contributed by atoms with Gasteiger partial charge in [-0.1, -0.05) is 0 Å². The molecule has 0 aromatic heterocycles. The van der Waals surface area contributed by atoms with Crippen LogP contribution in [-0.2, 0) is 4.74 Å². The van der Waals surface area contributed by atoms with Crippen molar-refractivity contribution >= 4 is 0 Å². The van der Waals surface area contributed by atoms with E-state index in [0.29, 0.717) is 5.92 Å². The van der Waals surface area contributed by atoms with E-state index in [1.54, 1.807) is 0 Å². The monoisotopic (exact) mass is 153 g/mol. The van der Waals surface area contributed by atoms with Gasteiger partial charge in [-0.25, -0.2) is 0 Å². The second-order valence-corrected chi connectivity index (χ2v) is 3.72. The molecule has 0 N–H and O–H groups in total. The molecule has 0 saturated carbocycles. The molecule has 1 heterocycles. The maximum absolute atomic E-state index is 8.86. The Hall–Kier alpha value is -0.550. The average Bonchev–Trinajstić information content (AvgIpc) is 2.06. The van der Waals surface area contributed by atoms with Gasteiger partial charge in [-0.2, -0.15) is 5.26 Å². The Labute approximate surface area is 68.2 Å². The molecule has 0 bridgehead atoms. The van der Waals surface area contributed by atoms with E-state index in [4.69, 9.17) is 10.00 Å². The molecule has 0 amide bonds. The number of nitriles is 1. The number of ether oxygens (including phenoxy) is 1. The van der Waals surface area contributed by atoms with Gasteiger partial charge in [0.25, 0.3) is 0 Å². The van der Waals surface area contributed by atoms with Crippen LogP contribution >= 0.6 is 0 Å². The van der Waals surface area contributed by atoms with E-state index >= 15 is 0 Å². The van der Waals surface area contributed by atoms with Crippen LogP contribution < -0.4 is 0 Å². The molecular formula is C9H15NO. The maximum Gasteiger partial charge on any atom is 0.0686 e. The highest BCUT2D eigenvalue weighted by Crippen LogP contribution is 2.33. The fourth-order valence-electron chi connectivity index (χ4n) is 1.51. The summed E-state index contributed by atoms with van der Waals surface area (Å²) in [6, 6.07) is 2.36. The summed E-state index contributed by atoms with van der Waals surface area (Å²) in [4.78, 5) is 0. The lowest BCUT2D eigenvalue weighted by Gasteiger charge is -2.31. The van der Waals surface area contributed by atoms with Crippen LogP contribution in [0.25, 0.3) is 0 Å². The molecule has 0 unspecified atom stereocenters. The first kappa shape index (κ1) is 8.55. The van der Waals surface area contributed by atoms with Crippen LogP contribution in [0.4, 0.5) is 0 Å². The van der Waals surface area contributed by atoms with Crippen LogP contribution in [0.1, 0.15) is 26.7 Å². The molecule has 1 rings (SSSR count). The standard InChI is InChI=1S/C9H15NO/c1-9(2,7-10)8-3-5-11-6-4-8/h8H,3-6H2,1-2H3. The Morgan fingerprint density at radius 3 is 2.36 bits per heavy atom. The zero-order valence-corrected chi connectivity index (χ0v) is 7.26. The topological polar surface area (TPSA) is 33.0 Å². The van der Waals surface area contributed by atoms with Crippen molar-refractivity contribution in [3.05, 3.63) is 0 Å². The smallest absolute Gasteiger partial charge is 0.0686 e. The molecule has 0 spiro atoms. The lowest BCUT2D eigenvalue weighted by molar-refractivity contribution is 0.0385. The van der Waals surface area contributed by atoms with Gasteiger partial charge in [-0.3, -0.25) is 0 Å². The van der Waals surface area contributed by atoms with Crippen molar-refractivity contribution in [2.24, 2.45) is 11.3 Å². The molecule has 2 heteroatoms. The minimum atomic E-state index is -0.163. The third-order valence-electron chi connectivity index (χ3n) is 2.53. The number of hydrogen-bond acceptors (Lipinski definition) is 2. The second-order valence-electron chi connectivity index (χ2n) is 3.72. The Morgan fingerprint density at radius 2 is 1.91 bits per heavy atom. The minimum absolute atomic E-state index is 0.163. The third kappa shape index (κ3) is 1.94. The first-order chi connectivity index (χ1) is 5.17. The Bertz CT molecular complexity index is 163. The van der Waals surface area contributed by atoms with Gasteiger partial charge in [-0.15, -0.1) is 0 Å². The van der Waals surface area contributed by atoms with Crippen molar-refractivity contribution < 1.29 is 4.74 Å². The molecule has 2 nitrogen and oxygen atoms in total. The molecule has 0 radical (unpaired) electrons. The van der Waals surface area contributed by atoms with Crippen LogP contribution in [0.15, 0.2) is 0 Å². The summed E-state index contributed by atoms with van der Waals surface area (Å²) in [5, 5.41) is 8.86. The molecule has 0 atom stereocenters. The zero-order valence-electron chi connectivity index (χ0n) is 7.26. The number of rotatable bonds is 1. The first-order valence-electron chi connectivity index (χ1n) is 4.16. The van der Waals surface area contributed by atoms with Crippen LogP contribution in [0.3, 0.4) is 0 Å². The van der Waals surface area contributed by atoms with Crippen molar-refractivity contribution in [1.82, 2.24) is 0 Å². The van der Waals surface area contributed by atoms with Crippen molar-refractivity contribution in [2.45, 2.75) is 26.7 Å². The Morgan fingerprint density at radius 1 is 1.36 bits per heavy atom. The summed E-state index contributed by atoms with van der Waals surface area (Å²) in [5.41, 5.74) is -0.163. The van der Waals surface area contributed by atoms with Gasteiger partial charge < -0.3 is 4.74 Å². The minimum Gasteiger partial charge on any atom is -0.381 e. The van der Waals surface area contributed by atoms with Crippen LogP contribution in [0, 0.1) is 22.7 Å². The quantitative estimate of drug-likeness (QED) is 0.577. The predicted octanol–water partition coefficient (Wildman–Crippen LogP) is 1.96. The summed E-state index contributed by atoms with van der Waals surface area (Å²) in [6.07, 6.45) is 2.08. The normalized spacial score (nSPS) is 21.2. The molecule has 62 valence electrons. The summed E-state index contributed by atoms with van der Waals surface area (Å²) in [6.45, 7) is 5.69. The van der Waals surface area contributed by atoms with Crippen molar-refractivity contribution in [1.29, 1.82) is 5.26 Å². The largest absolute Gasteiger partial charge is 0.381 e. The van der Waals surface area contributed by atoms with E-state index in [-0.39, 0.29) is 5.41 Å². The van der Waals surface area contributed by atoms with E-state index in [9.17, 15) is 0 Å². The van der Waals surface area contributed by atoms with E-state index in [1.165, 1.54) is 0 Å². The molecule has 0 aromatic rings. The van der Waals surface area contributed by atoms with Crippen molar-refractivity contribution in [2.75, 3.05) is 13.2 Å². The van der Waals surface area contributed by atoms with Crippen LogP contribution in [0.2, 0.25) is 0 Å². The van der Waals surface area contributed by atoms with Gasteiger partial charge in [0.1, 0.15) is 0 Å². The van der Waals surface area contributed by atoms with Gasteiger partial charge >= 0.3 is 0 Å². The summed E-state index contributed by atoms with van der Waals surface area (Å²) in [5.74, 6) is 0.529. The van der Waals surface area contributed by atoms with E-state index in [1.807, 2.05) is 13.8 Å². The summed E-state index contributed by atoms with van der Waals surface area (Å²) >= 11 is 0. The molecular weight excluding hydrogens is 138 g/mol.